The van der Waals surface area contributed by atoms with Gasteiger partial charge in [-0.1, -0.05) is 110 Å². The van der Waals surface area contributed by atoms with Gasteiger partial charge in [0, 0.05) is 5.92 Å². The van der Waals surface area contributed by atoms with Gasteiger partial charge in [0.25, 0.3) is 0 Å². The van der Waals surface area contributed by atoms with Gasteiger partial charge < -0.3 is 4.74 Å². The molecule has 2 atom stereocenters. The first kappa shape index (κ1) is 27.7. The van der Waals surface area contributed by atoms with E-state index in [0.29, 0.717) is 6.61 Å². The summed E-state index contributed by atoms with van der Waals surface area (Å²) < 4.78 is 5.16. The number of hydrogen-bond acceptors (Lipinski definition) is 3. The van der Waals surface area contributed by atoms with Crippen molar-refractivity contribution in [1.29, 1.82) is 0 Å². The first-order valence-electron chi connectivity index (χ1n) is 13.3. The molecule has 0 radical (unpaired) electrons. The fourth-order valence-electron chi connectivity index (χ4n) is 4.34. The van der Waals surface area contributed by atoms with E-state index in [1.54, 1.807) is 0 Å². The molecule has 2 amide bonds. The molecule has 0 aliphatic carbocycles. The van der Waals surface area contributed by atoms with Crippen LogP contribution in [0.25, 0.3) is 0 Å². The fourth-order valence-corrected chi connectivity index (χ4v) is 4.34. The van der Waals surface area contributed by atoms with E-state index in [2.05, 4.69) is 26.0 Å². The molecule has 4 nitrogen and oxygen atoms in total. The molecule has 4 heteroatoms. The molecule has 1 rings (SSSR count). The Hall–Kier alpha value is -1.32. The lowest BCUT2D eigenvalue weighted by Crippen LogP contribution is -2.42. The van der Waals surface area contributed by atoms with Crippen LogP contribution in [0.4, 0.5) is 4.79 Å². The summed E-state index contributed by atoms with van der Waals surface area (Å²) in [6, 6.07) is -0.0936. The predicted octanol–water partition coefficient (Wildman–Crippen LogP) is 8.20. The van der Waals surface area contributed by atoms with E-state index in [1.807, 2.05) is 6.92 Å². The molecule has 0 aromatic carbocycles. The van der Waals surface area contributed by atoms with Gasteiger partial charge in [0.05, 0.1) is 6.04 Å². The van der Waals surface area contributed by atoms with Crippen molar-refractivity contribution < 1.29 is 14.3 Å². The van der Waals surface area contributed by atoms with Crippen LogP contribution in [0.1, 0.15) is 130 Å². The van der Waals surface area contributed by atoms with Crippen LogP contribution in [0.3, 0.4) is 0 Å². The molecule has 0 aromatic rings. The first-order chi connectivity index (χ1) is 15.2. The van der Waals surface area contributed by atoms with Crippen LogP contribution < -0.4 is 0 Å². The van der Waals surface area contributed by atoms with Crippen LogP contribution in [0.15, 0.2) is 12.2 Å². The molecule has 31 heavy (non-hydrogen) atoms. The molecule has 0 aromatic heterocycles. The van der Waals surface area contributed by atoms with Crippen LogP contribution in [0.5, 0.6) is 0 Å². The minimum atomic E-state index is -0.448. The number of hydrogen-bond donors (Lipinski definition) is 0. The second kappa shape index (κ2) is 18.3. The zero-order valence-electron chi connectivity index (χ0n) is 20.7. The number of ether oxygens (including phenoxy) is 1. The Labute approximate surface area is 192 Å². The summed E-state index contributed by atoms with van der Waals surface area (Å²) >= 11 is 0. The van der Waals surface area contributed by atoms with Gasteiger partial charge in [0.2, 0.25) is 5.91 Å². The number of imide groups is 1. The number of carbonyl (C=O) groups excluding carboxylic acids is 2. The Balaban J connectivity index is 2.40. The SMILES string of the molecule is CCCCCCCCCC/C=C/C[C@H](CCCCCCC)C(=O)N1C(=O)OC[C@@H]1CC. The maximum Gasteiger partial charge on any atom is 0.416 e. The summed E-state index contributed by atoms with van der Waals surface area (Å²) in [5, 5.41) is 0. The zero-order chi connectivity index (χ0) is 22.7. The van der Waals surface area contributed by atoms with Crippen molar-refractivity contribution in [2.24, 2.45) is 5.92 Å². The van der Waals surface area contributed by atoms with Crippen LogP contribution >= 0.6 is 0 Å². The molecule has 1 aliphatic rings. The molecule has 180 valence electrons. The van der Waals surface area contributed by atoms with Gasteiger partial charge in [-0.25, -0.2) is 9.69 Å². The molecule has 0 saturated carbocycles. The van der Waals surface area contributed by atoms with Crippen molar-refractivity contribution in [3.8, 4) is 0 Å². The van der Waals surface area contributed by atoms with Crippen LogP contribution in [-0.2, 0) is 9.53 Å². The molecule has 1 aliphatic heterocycles. The van der Waals surface area contributed by atoms with Gasteiger partial charge in [0.1, 0.15) is 6.61 Å². The van der Waals surface area contributed by atoms with Crippen LogP contribution in [0.2, 0.25) is 0 Å². The van der Waals surface area contributed by atoms with Gasteiger partial charge in [-0.2, -0.15) is 0 Å². The summed E-state index contributed by atoms with van der Waals surface area (Å²) in [6.45, 7) is 6.83. The van der Waals surface area contributed by atoms with Gasteiger partial charge >= 0.3 is 6.09 Å². The van der Waals surface area contributed by atoms with E-state index in [0.717, 1.165) is 32.1 Å². The Morgan fingerprint density at radius 3 is 2.10 bits per heavy atom. The maximum atomic E-state index is 13.1. The summed E-state index contributed by atoms with van der Waals surface area (Å²) in [5.74, 6) is -0.127. The molecule has 0 bridgehead atoms. The maximum absolute atomic E-state index is 13.1. The number of cyclic esters (lactones) is 1. The second-order valence-electron chi connectivity index (χ2n) is 9.22. The Bertz CT molecular complexity index is 503. The fraction of sp³-hybridized carbons (Fsp3) is 0.852. The highest BCUT2D eigenvalue weighted by Crippen LogP contribution is 2.24. The van der Waals surface area contributed by atoms with Crippen LogP contribution in [-0.4, -0.2) is 29.5 Å². The summed E-state index contributed by atoms with van der Waals surface area (Å²) in [4.78, 5) is 26.7. The molecule has 0 N–H and O–H groups in total. The lowest BCUT2D eigenvalue weighted by atomic mass is 9.94. The number of carbonyl (C=O) groups is 2. The highest BCUT2D eigenvalue weighted by molar-refractivity contribution is 5.94. The molecule has 1 saturated heterocycles. The smallest absolute Gasteiger partial charge is 0.416 e. The van der Waals surface area contributed by atoms with E-state index >= 15 is 0 Å². The Kier molecular flexibility index (Phi) is 16.3. The highest BCUT2D eigenvalue weighted by Gasteiger charge is 2.39. The summed E-state index contributed by atoms with van der Waals surface area (Å²) in [5.41, 5.74) is 0. The monoisotopic (exact) mass is 435 g/mol. The second-order valence-corrected chi connectivity index (χ2v) is 9.22. The zero-order valence-corrected chi connectivity index (χ0v) is 20.7. The van der Waals surface area contributed by atoms with Gasteiger partial charge in [-0.05, 0) is 32.1 Å². The molecule has 1 fully saturated rings. The predicted molar refractivity (Wildman–Crippen MR) is 130 cm³/mol. The number of nitrogens with zero attached hydrogens (tertiary/aromatic N) is 1. The minimum Gasteiger partial charge on any atom is -0.447 e. The van der Waals surface area contributed by atoms with Crippen molar-refractivity contribution in [2.75, 3.05) is 6.61 Å². The third kappa shape index (κ3) is 11.8. The van der Waals surface area contributed by atoms with Crippen molar-refractivity contribution in [1.82, 2.24) is 4.90 Å². The highest BCUT2D eigenvalue weighted by atomic mass is 16.6. The Morgan fingerprint density at radius 2 is 1.48 bits per heavy atom. The summed E-state index contributed by atoms with van der Waals surface area (Å²) in [7, 11) is 0. The molecule has 1 heterocycles. The van der Waals surface area contributed by atoms with Gasteiger partial charge in [-0.3, -0.25) is 4.79 Å². The lowest BCUT2D eigenvalue weighted by Gasteiger charge is -2.23. The third-order valence-electron chi connectivity index (χ3n) is 6.49. The molecule has 0 spiro atoms. The van der Waals surface area contributed by atoms with E-state index in [-0.39, 0.29) is 17.9 Å². The largest absolute Gasteiger partial charge is 0.447 e. The van der Waals surface area contributed by atoms with Crippen molar-refractivity contribution >= 4 is 12.0 Å². The van der Waals surface area contributed by atoms with E-state index in [1.165, 1.54) is 81.9 Å². The van der Waals surface area contributed by atoms with E-state index in [9.17, 15) is 9.59 Å². The van der Waals surface area contributed by atoms with Crippen molar-refractivity contribution in [3.63, 3.8) is 0 Å². The quantitative estimate of drug-likeness (QED) is 0.152. The topological polar surface area (TPSA) is 46.6 Å². The van der Waals surface area contributed by atoms with E-state index in [4.69, 9.17) is 4.74 Å². The Morgan fingerprint density at radius 1 is 0.903 bits per heavy atom. The number of allylic oxidation sites excluding steroid dienone is 2. The average Bonchev–Trinajstić information content (AvgIpc) is 3.15. The standard InChI is InChI=1S/C27H49NO3/c1-4-7-9-11-12-13-14-15-16-18-20-22-24(21-19-17-10-8-5-2)26(29)28-25(6-3)23-31-27(28)30/h18,20,24-25H,4-17,19,21-23H2,1-3H3/b20-18+/t24-,25-/m0/s1. The van der Waals surface area contributed by atoms with Gasteiger partial charge in [0.15, 0.2) is 0 Å². The molecular weight excluding hydrogens is 386 g/mol. The third-order valence-corrected chi connectivity index (χ3v) is 6.49. The summed E-state index contributed by atoms with van der Waals surface area (Å²) in [6.07, 6.45) is 24.0. The molecular formula is C27H49NO3. The normalized spacial score (nSPS) is 17.5. The van der Waals surface area contributed by atoms with Crippen molar-refractivity contribution in [3.05, 3.63) is 12.2 Å². The van der Waals surface area contributed by atoms with Crippen LogP contribution in [0, 0.1) is 5.92 Å². The van der Waals surface area contributed by atoms with Gasteiger partial charge in [-0.15, -0.1) is 0 Å². The first-order valence-corrected chi connectivity index (χ1v) is 13.3. The average molecular weight is 436 g/mol. The minimum absolute atomic E-state index is 0.0263. The number of rotatable bonds is 19. The number of unbranched alkanes of at least 4 members (excludes halogenated alkanes) is 12. The van der Waals surface area contributed by atoms with E-state index < -0.39 is 6.09 Å². The number of amides is 2. The molecule has 0 unspecified atom stereocenters. The lowest BCUT2D eigenvalue weighted by molar-refractivity contribution is -0.133. The van der Waals surface area contributed by atoms with Crippen molar-refractivity contribution in [2.45, 2.75) is 136 Å².